The Balaban J connectivity index is 1.66. The van der Waals surface area contributed by atoms with E-state index in [0.29, 0.717) is 28.6 Å². The summed E-state index contributed by atoms with van der Waals surface area (Å²) in [6.07, 6.45) is 1.63. The highest BCUT2D eigenvalue weighted by atomic mass is 32.2. The fourth-order valence-corrected chi connectivity index (χ4v) is 3.92. The molecular formula is C22H17FN4OS. The SMILES string of the molecule is Cc1ccccc1-c1nnc(SCc2ccc(C#N)cc2F)n1Cc1ccco1. The maximum Gasteiger partial charge on any atom is 0.192 e. The predicted molar refractivity (Wildman–Crippen MR) is 109 cm³/mol. The number of aromatic nitrogens is 3. The van der Waals surface area contributed by atoms with Crippen molar-refractivity contribution in [2.45, 2.75) is 24.4 Å². The van der Waals surface area contributed by atoms with E-state index in [-0.39, 0.29) is 0 Å². The lowest BCUT2D eigenvalue weighted by Gasteiger charge is -2.10. The van der Waals surface area contributed by atoms with Crippen LogP contribution in [-0.4, -0.2) is 14.8 Å². The summed E-state index contributed by atoms with van der Waals surface area (Å²) in [7, 11) is 0. The Morgan fingerprint density at radius 2 is 2.00 bits per heavy atom. The molecule has 0 N–H and O–H groups in total. The molecule has 0 radical (unpaired) electrons. The van der Waals surface area contributed by atoms with Crippen molar-refractivity contribution in [2.24, 2.45) is 0 Å². The lowest BCUT2D eigenvalue weighted by molar-refractivity contribution is 0.485. The molecule has 0 aliphatic rings. The standard InChI is InChI=1S/C22H17FN4OS/c1-15-5-2-3-7-19(15)21-25-26-22(27(21)13-18-6-4-10-28-18)29-14-17-9-8-16(12-24)11-20(17)23/h2-11H,13-14H2,1H3. The summed E-state index contributed by atoms with van der Waals surface area (Å²) in [4.78, 5) is 0. The van der Waals surface area contributed by atoms with Crippen molar-refractivity contribution in [2.75, 3.05) is 0 Å². The van der Waals surface area contributed by atoms with Gasteiger partial charge in [-0.05, 0) is 42.3 Å². The molecule has 0 unspecified atom stereocenters. The lowest BCUT2D eigenvalue weighted by Crippen LogP contribution is -2.04. The highest BCUT2D eigenvalue weighted by Crippen LogP contribution is 2.29. The van der Waals surface area contributed by atoms with E-state index in [2.05, 4.69) is 10.2 Å². The molecule has 4 aromatic rings. The van der Waals surface area contributed by atoms with Crippen molar-refractivity contribution in [3.05, 3.63) is 89.1 Å². The minimum Gasteiger partial charge on any atom is -0.467 e. The van der Waals surface area contributed by atoms with Crippen molar-refractivity contribution in [1.29, 1.82) is 5.26 Å². The number of nitriles is 1. The molecule has 0 aliphatic heterocycles. The quantitative estimate of drug-likeness (QED) is 0.413. The normalized spacial score (nSPS) is 10.8. The first-order valence-corrected chi connectivity index (χ1v) is 9.97. The first kappa shape index (κ1) is 19.0. The van der Waals surface area contributed by atoms with Gasteiger partial charge in [0.25, 0.3) is 0 Å². The van der Waals surface area contributed by atoms with Gasteiger partial charge in [-0.25, -0.2) is 4.39 Å². The molecule has 0 saturated carbocycles. The number of halogens is 1. The maximum atomic E-state index is 14.2. The van der Waals surface area contributed by atoms with Crippen LogP contribution in [0.1, 0.15) is 22.5 Å². The smallest absolute Gasteiger partial charge is 0.192 e. The molecule has 0 fully saturated rings. The van der Waals surface area contributed by atoms with E-state index in [0.717, 1.165) is 22.7 Å². The van der Waals surface area contributed by atoms with Crippen LogP contribution in [0.2, 0.25) is 0 Å². The number of nitrogens with zero attached hydrogens (tertiary/aromatic N) is 4. The van der Waals surface area contributed by atoms with Gasteiger partial charge in [-0.3, -0.25) is 4.57 Å². The number of benzene rings is 2. The van der Waals surface area contributed by atoms with E-state index < -0.39 is 5.82 Å². The summed E-state index contributed by atoms with van der Waals surface area (Å²) in [6, 6.07) is 18.2. The highest BCUT2D eigenvalue weighted by molar-refractivity contribution is 7.98. The average Bonchev–Trinajstić information content (AvgIpc) is 3.38. The Kier molecular flexibility index (Phi) is 5.45. The number of hydrogen-bond donors (Lipinski definition) is 0. The van der Waals surface area contributed by atoms with Crippen LogP contribution >= 0.6 is 11.8 Å². The minimum atomic E-state index is -0.396. The largest absolute Gasteiger partial charge is 0.467 e. The number of rotatable bonds is 6. The van der Waals surface area contributed by atoms with E-state index in [4.69, 9.17) is 9.68 Å². The maximum absolute atomic E-state index is 14.2. The van der Waals surface area contributed by atoms with Gasteiger partial charge in [0.1, 0.15) is 11.6 Å². The molecule has 2 heterocycles. The fraction of sp³-hybridized carbons (Fsp3) is 0.136. The third-order valence-corrected chi connectivity index (χ3v) is 5.55. The molecule has 2 aromatic heterocycles. The van der Waals surface area contributed by atoms with E-state index >= 15 is 0 Å². The van der Waals surface area contributed by atoms with Crippen molar-refractivity contribution in [3.63, 3.8) is 0 Å². The minimum absolute atomic E-state index is 0.305. The van der Waals surface area contributed by atoms with Crippen molar-refractivity contribution in [3.8, 4) is 17.5 Å². The van der Waals surface area contributed by atoms with Gasteiger partial charge in [0, 0.05) is 11.3 Å². The van der Waals surface area contributed by atoms with Crippen LogP contribution < -0.4 is 0 Å². The Labute approximate surface area is 171 Å². The van der Waals surface area contributed by atoms with Gasteiger partial charge < -0.3 is 4.42 Å². The van der Waals surface area contributed by atoms with Crippen molar-refractivity contribution < 1.29 is 8.81 Å². The zero-order valence-corrected chi connectivity index (χ0v) is 16.5. The first-order valence-electron chi connectivity index (χ1n) is 8.98. The molecule has 0 atom stereocenters. The first-order chi connectivity index (χ1) is 14.2. The molecular weight excluding hydrogens is 387 g/mol. The molecule has 7 heteroatoms. The van der Waals surface area contributed by atoms with E-state index in [1.54, 1.807) is 18.4 Å². The number of hydrogen-bond acceptors (Lipinski definition) is 5. The fourth-order valence-electron chi connectivity index (χ4n) is 3.00. The zero-order valence-electron chi connectivity index (χ0n) is 15.7. The van der Waals surface area contributed by atoms with Crippen LogP contribution in [0.4, 0.5) is 4.39 Å². The van der Waals surface area contributed by atoms with Gasteiger partial charge in [0.15, 0.2) is 11.0 Å². The van der Waals surface area contributed by atoms with Crippen molar-refractivity contribution >= 4 is 11.8 Å². The van der Waals surface area contributed by atoms with Gasteiger partial charge in [0.2, 0.25) is 0 Å². The Bertz CT molecular complexity index is 1180. The van der Waals surface area contributed by atoms with E-state index in [1.165, 1.54) is 17.8 Å². The predicted octanol–water partition coefficient (Wildman–Crippen LogP) is 5.20. The monoisotopic (exact) mass is 404 g/mol. The third-order valence-electron chi connectivity index (χ3n) is 4.54. The molecule has 2 aromatic carbocycles. The number of furan rings is 1. The number of thioether (sulfide) groups is 1. The molecule has 144 valence electrons. The second kappa shape index (κ2) is 8.33. The van der Waals surface area contributed by atoms with Crippen LogP contribution in [0.25, 0.3) is 11.4 Å². The van der Waals surface area contributed by atoms with Crippen molar-refractivity contribution in [1.82, 2.24) is 14.8 Å². The second-order valence-electron chi connectivity index (χ2n) is 6.49. The summed E-state index contributed by atoms with van der Waals surface area (Å²) in [5.41, 5.74) is 2.90. The van der Waals surface area contributed by atoms with Crippen LogP contribution in [0.3, 0.4) is 0 Å². The van der Waals surface area contributed by atoms with Crippen LogP contribution in [0, 0.1) is 24.1 Å². The third kappa shape index (κ3) is 4.08. The van der Waals surface area contributed by atoms with Gasteiger partial charge in [-0.1, -0.05) is 42.1 Å². The van der Waals surface area contributed by atoms with Gasteiger partial charge in [-0.2, -0.15) is 5.26 Å². The summed E-state index contributed by atoms with van der Waals surface area (Å²) >= 11 is 1.40. The molecule has 0 amide bonds. The second-order valence-corrected chi connectivity index (χ2v) is 7.44. The average molecular weight is 404 g/mol. The zero-order chi connectivity index (χ0) is 20.2. The topological polar surface area (TPSA) is 67.6 Å². The van der Waals surface area contributed by atoms with E-state index in [1.807, 2.05) is 54.0 Å². The lowest BCUT2D eigenvalue weighted by atomic mass is 10.1. The van der Waals surface area contributed by atoms with Gasteiger partial charge in [-0.15, -0.1) is 10.2 Å². The summed E-state index contributed by atoms with van der Waals surface area (Å²) < 4.78 is 21.7. The number of aryl methyl sites for hydroxylation is 1. The van der Waals surface area contributed by atoms with Crippen LogP contribution in [-0.2, 0) is 12.3 Å². The molecule has 29 heavy (non-hydrogen) atoms. The summed E-state index contributed by atoms with van der Waals surface area (Å²) in [5.74, 6) is 1.50. The molecule has 5 nitrogen and oxygen atoms in total. The van der Waals surface area contributed by atoms with Crippen LogP contribution in [0.15, 0.2) is 70.4 Å². The molecule has 0 aliphatic carbocycles. The van der Waals surface area contributed by atoms with Gasteiger partial charge >= 0.3 is 0 Å². The van der Waals surface area contributed by atoms with E-state index in [9.17, 15) is 4.39 Å². The molecule has 4 rings (SSSR count). The summed E-state index contributed by atoms with van der Waals surface area (Å²) in [5, 5.41) is 18.3. The molecule has 0 saturated heterocycles. The van der Waals surface area contributed by atoms with Gasteiger partial charge in [0.05, 0.1) is 24.4 Å². The highest BCUT2D eigenvalue weighted by Gasteiger charge is 2.17. The molecule has 0 bridgehead atoms. The Morgan fingerprint density at radius 1 is 1.14 bits per heavy atom. The Morgan fingerprint density at radius 3 is 2.72 bits per heavy atom. The summed E-state index contributed by atoms with van der Waals surface area (Å²) in [6.45, 7) is 2.50. The molecule has 0 spiro atoms. The van der Waals surface area contributed by atoms with Crippen LogP contribution in [0.5, 0.6) is 0 Å². The Hall–Kier alpha value is -3.37.